The predicted octanol–water partition coefficient (Wildman–Crippen LogP) is 2.52. The smallest absolute Gasteiger partial charge is 0.338 e. The fraction of sp³-hybridized carbons (Fsp3) is 0.105. The molecule has 0 atom stereocenters. The second-order valence-corrected chi connectivity index (χ2v) is 5.31. The van der Waals surface area contributed by atoms with Crippen LogP contribution in [0.2, 0.25) is 0 Å². The standard InChI is InChI=1S/C19H14N2O4/c20-10-13-5-7-16(8-6-13)21-18(22)12-25-19(23)15-9-14-3-1-2-4-17(14)24-11-15/h1-9H,11-12H2,(H,21,22). The Kier molecular flexibility index (Phi) is 4.77. The van der Waals surface area contributed by atoms with Gasteiger partial charge in [0.15, 0.2) is 6.61 Å². The molecule has 124 valence electrons. The lowest BCUT2D eigenvalue weighted by molar-refractivity contribution is -0.143. The van der Waals surface area contributed by atoms with Crippen molar-refractivity contribution in [2.45, 2.75) is 0 Å². The van der Waals surface area contributed by atoms with Crippen molar-refractivity contribution in [2.24, 2.45) is 0 Å². The van der Waals surface area contributed by atoms with E-state index in [1.54, 1.807) is 30.3 Å². The van der Waals surface area contributed by atoms with Crippen LogP contribution in [0.1, 0.15) is 11.1 Å². The van der Waals surface area contributed by atoms with E-state index in [0.717, 1.165) is 5.56 Å². The minimum atomic E-state index is -0.593. The van der Waals surface area contributed by atoms with Crippen LogP contribution < -0.4 is 10.1 Å². The highest BCUT2D eigenvalue weighted by Gasteiger charge is 2.19. The molecule has 1 amide bonds. The number of nitrogens with zero attached hydrogens (tertiary/aromatic N) is 1. The van der Waals surface area contributed by atoms with Gasteiger partial charge in [-0.25, -0.2) is 4.79 Å². The van der Waals surface area contributed by atoms with Crippen LogP contribution >= 0.6 is 0 Å². The van der Waals surface area contributed by atoms with E-state index in [1.165, 1.54) is 0 Å². The van der Waals surface area contributed by atoms with Crippen molar-refractivity contribution in [1.82, 2.24) is 0 Å². The third-order valence-electron chi connectivity index (χ3n) is 3.53. The van der Waals surface area contributed by atoms with E-state index in [9.17, 15) is 9.59 Å². The molecule has 0 unspecified atom stereocenters. The Bertz CT molecular complexity index is 879. The number of hydrogen-bond donors (Lipinski definition) is 1. The Balaban J connectivity index is 1.54. The summed E-state index contributed by atoms with van der Waals surface area (Å²) in [5.74, 6) is -0.349. The molecule has 6 nitrogen and oxygen atoms in total. The molecule has 0 saturated heterocycles. The number of carbonyl (C=O) groups excluding carboxylic acids is 2. The van der Waals surface area contributed by atoms with Gasteiger partial charge in [-0.2, -0.15) is 5.26 Å². The molecule has 0 radical (unpaired) electrons. The molecule has 6 heteroatoms. The average molecular weight is 334 g/mol. The molecule has 1 aliphatic heterocycles. The Labute approximate surface area is 144 Å². The zero-order valence-corrected chi connectivity index (χ0v) is 13.2. The highest BCUT2D eigenvalue weighted by Crippen LogP contribution is 2.26. The predicted molar refractivity (Wildman–Crippen MR) is 90.7 cm³/mol. The van der Waals surface area contributed by atoms with Crippen molar-refractivity contribution < 1.29 is 19.1 Å². The number of rotatable bonds is 4. The summed E-state index contributed by atoms with van der Waals surface area (Å²) in [6.45, 7) is -0.301. The maximum atomic E-state index is 12.1. The van der Waals surface area contributed by atoms with Gasteiger partial charge in [0.05, 0.1) is 17.2 Å². The van der Waals surface area contributed by atoms with Gasteiger partial charge < -0.3 is 14.8 Å². The lowest BCUT2D eigenvalue weighted by Gasteiger charge is -2.16. The largest absolute Gasteiger partial charge is 0.488 e. The fourth-order valence-corrected chi connectivity index (χ4v) is 2.28. The first-order valence-corrected chi connectivity index (χ1v) is 7.55. The van der Waals surface area contributed by atoms with Crippen molar-refractivity contribution in [3.8, 4) is 11.8 Å². The van der Waals surface area contributed by atoms with Gasteiger partial charge in [0, 0.05) is 11.3 Å². The topological polar surface area (TPSA) is 88.4 Å². The zero-order chi connectivity index (χ0) is 17.6. The monoisotopic (exact) mass is 334 g/mol. The Morgan fingerprint density at radius 3 is 2.68 bits per heavy atom. The second-order valence-electron chi connectivity index (χ2n) is 5.31. The van der Waals surface area contributed by atoms with Gasteiger partial charge in [-0.05, 0) is 36.4 Å². The summed E-state index contributed by atoms with van der Waals surface area (Å²) >= 11 is 0. The maximum Gasteiger partial charge on any atom is 0.338 e. The van der Waals surface area contributed by atoms with Gasteiger partial charge in [-0.15, -0.1) is 0 Å². The van der Waals surface area contributed by atoms with Crippen molar-refractivity contribution in [1.29, 1.82) is 5.26 Å². The molecule has 0 spiro atoms. The molecule has 1 aliphatic rings. The first-order valence-electron chi connectivity index (χ1n) is 7.55. The number of hydrogen-bond acceptors (Lipinski definition) is 5. The van der Waals surface area contributed by atoms with Gasteiger partial charge in [-0.1, -0.05) is 18.2 Å². The molecule has 2 aromatic rings. The summed E-state index contributed by atoms with van der Waals surface area (Å²) in [4.78, 5) is 23.9. The number of ether oxygens (including phenoxy) is 2. The van der Waals surface area contributed by atoms with E-state index in [-0.39, 0.29) is 6.61 Å². The number of fused-ring (bicyclic) bond motifs is 1. The lowest BCUT2D eigenvalue weighted by Crippen LogP contribution is -2.23. The summed E-state index contributed by atoms with van der Waals surface area (Å²) in [6.07, 6.45) is 1.69. The first-order chi connectivity index (χ1) is 12.2. The van der Waals surface area contributed by atoms with E-state index < -0.39 is 18.5 Å². The number of anilines is 1. The zero-order valence-electron chi connectivity index (χ0n) is 13.2. The molecule has 0 aliphatic carbocycles. The summed E-state index contributed by atoms with van der Waals surface area (Å²) in [5, 5.41) is 11.3. The van der Waals surface area contributed by atoms with E-state index in [4.69, 9.17) is 14.7 Å². The minimum absolute atomic E-state index is 0.104. The number of nitriles is 1. The van der Waals surface area contributed by atoms with E-state index >= 15 is 0 Å². The number of carbonyl (C=O) groups is 2. The fourth-order valence-electron chi connectivity index (χ4n) is 2.28. The van der Waals surface area contributed by atoms with Gasteiger partial charge in [-0.3, -0.25) is 4.79 Å². The second kappa shape index (κ2) is 7.32. The van der Waals surface area contributed by atoms with Crippen molar-refractivity contribution in [3.63, 3.8) is 0 Å². The molecule has 2 aromatic carbocycles. The van der Waals surface area contributed by atoms with Crippen LogP contribution in [0.15, 0.2) is 54.1 Å². The van der Waals surface area contributed by atoms with Crippen LogP contribution in [0, 0.1) is 11.3 Å². The van der Waals surface area contributed by atoms with Crippen LogP contribution in [-0.2, 0) is 14.3 Å². The molecule has 1 heterocycles. The highest BCUT2D eigenvalue weighted by atomic mass is 16.5. The quantitative estimate of drug-likeness (QED) is 0.868. The van der Waals surface area contributed by atoms with Crippen LogP contribution in [0.5, 0.6) is 5.75 Å². The Hall–Kier alpha value is -3.59. The normalized spacial score (nSPS) is 12.0. The third-order valence-corrected chi connectivity index (χ3v) is 3.53. The number of esters is 1. The van der Waals surface area contributed by atoms with Crippen molar-refractivity contribution in [3.05, 3.63) is 65.2 Å². The molecule has 1 N–H and O–H groups in total. The van der Waals surface area contributed by atoms with Crippen molar-refractivity contribution in [2.75, 3.05) is 18.5 Å². The molecular formula is C19H14N2O4. The summed E-state index contributed by atoms with van der Waals surface area (Å²) in [7, 11) is 0. The highest BCUT2D eigenvalue weighted by molar-refractivity contribution is 5.98. The van der Waals surface area contributed by atoms with Crippen LogP contribution in [0.3, 0.4) is 0 Å². The maximum absolute atomic E-state index is 12.1. The molecule has 0 saturated carbocycles. The molecule has 0 bridgehead atoms. The van der Waals surface area contributed by atoms with Crippen molar-refractivity contribution >= 4 is 23.6 Å². The molecular weight excluding hydrogens is 320 g/mol. The van der Waals surface area contributed by atoms with Crippen LogP contribution in [-0.4, -0.2) is 25.1 Å². The van der Waals surface area contributed by atoms with Gasteiger partial charge >= 0.3 is 5.97 Å². The van der Waals surface area contributed by atoms with Gasteiger partial charge in [0.2, 0.25) is 0 Å². The average Bonchev–Trinajstić information content (AvgIpc) is 2.66. The van der Waals surface area contributed by atoms with E-state index in [1.807, 2.05) is 30.3 Å². The number of benzene rings is 2. The summed E-state index contributed by atoms with van der Waals surface area (Å²) in [5.41, 5.74) is 2.16. The first kappa shape index (κ1) is 16.3. The SMILES string of the molecule is N#Cc1ccc(NC(=O)COC(=O)C2=Cc3ccccc3OC2)cc1. The van der Waals surface area contributed by atoms with Gasteiger partial charge in [0.25, 0.3) is 5.91 Å². The lowest BCUT2D eigenvalue weighted by atomic mass is 10.1. The molecule has 0 aromatic heterocycles. The number of para-hydroxylation sites is 1. The molecule has 25 heavy (non-hydrogen) atoms. The van der Waals surface area contributed by atoms with E-state index in [0.29, 0.717) is 22.6 Å². The molecule has 0 fully saturated rings. The van der Waals surface area contributed by atoms with E-state index in [2.05, 4.69) is 5.32 Å². The number of nitrogens with one attached hydrogen (secondary N) is 1. The van der Waals surface area contributed by atoms with Crippen LogP contribution in [0.4, 0.5) is 5.69 Å². The Morgan fingerprint density at radius 2 is 1.92 bits per heavy atom. The third kappa shape index (κ3) is 4.03. The Morgan fingerprint density at radius 1 is 1.16 bits per heavy atom. The van der Waals surface area contributed by atoms with Gasteiger partial charge in [0.1, 0.15) is 12.4 Å². The van der Waals surface area contributed by atoms with Crippen LogP contribution in [0.25, 0.3) is 6.08 Å². The summed E-state index contributed by atoms with van der Waals surface area (Å²) in [6, 6.07) is 15.7. The minimum Gasteiger partial charge on any atom is -0.488 e. The summed E-state index contributed by atoms with van der Waals surface area (Å²) < 4.78 is 10.5. The molecule has 3 rings (SSSR count). The number of amides is 1.